The van der Waals surface area contributed by atoms with E-state index < -0.39 is 11.5 Å². The summed E-state index contributed by atoms with van der Waals surface area (Å²) < 4.78 is 5.22. The topological polar surface area (TPSA) is 86.2 Å². The highest BCUT2D eigenvalue weighted by Crippen LogP contribution is 2.32. The number of hydrogen-bond acceptors (Lipinski definition) is 4. The van der Waals surface area contributed by atoms with Gasteiger partial charge in [-0.25, -0.2) is 4.79 Å². The molecule has 1 fully saturated rings. The van der Waals surface area contributed by atoms with Crippen molar-refractivity contribution in [3.05, 3.63) is 35.0 Å². The summed E-state index contributed by atoms with van der Waals surface area (Å²) in [7, 11) is 1.62. The minimum Gasteiger partial charge on any atom is -0.451 e. The molecule has 0 unspecified atom stereocenters. The molecular formula is C21H25N3O3. The lowest BCUT2D eigenvalue weighted by Crippen LogP contribution is -2.51. The molecule has 0 radical (unpaired) electrons. The SMILES string of the molecule is Cc1cc(C)c2cc(C(=O)OCC(=O)N(C)C3(C#N)CCCCC3)[nH]c2c1. The van der Waals surface area contributed by atoms with Crippen LogP contribution in [0.3, 0.4) is 0 Å². The van der Waals surface area contributed by atoms with E-state index in [-0.39, 0.29) is 12.5 Å². The predicted molar refractivity (Wildman–Crippen MR) is 102 cm³/mol. The van der Waals surface area contributed by atoms with Crippen LogP contribution in [0.1, 0.15) is 53.7 Å². The van der Waals surface area contributed by atoms with E-state index in [4.69, 9.17) is 4.74 Å². The number of H-pyrrole nitrogens is 1. The van der Waals surface area contributed by atoms with Gasteiger partial charge in [-0.1, -0.05) is 25.3 Å². The molecule has 6 nitrogen and oxygen atoms in total. The van der Waals surface area contributed by atoms with Crippen LogP contribution in [0.25, 0.3) is 10.9 Å². The molecule has 1 amide bonds. The van der Waals surface area contributed by atoms with Gasteiger partial charge in [0.25, 0.3) is 5.91 Å². The monoisotopic (exact) mass is 367 g/mol. The van der Waals surface area contributed by atoms with E-state index >= 15 is 0 Å². The van der Waals surface area contributed by atoms with E-state index in [1.807, 2.05) is 19.9 Å². The zero-order valence-electron chi connectivity index (χ0n) is 16.1. The molecule has 0 spiro atoms. The van der Waals surface area contributed by atoms with Gasteiger partial charge in [0.05, 0.1) is 6.07 Å². The van der Waals surface area contributed by atoms with Crippen LogP contribution < -0.4 is 0 Å². The number of esters is 1. The van der Waals surface area contributed by atoms with Crippen LogP contribution in [0.4, 0.5) is 0 Å². The average molecular weight is 367 g/mol. The number of carbonyl (C=O) groups excluding carboxylic acids is 2. The normalized spacial score (nSPS) is 15.9. The Labute approximate surface area is 159 Å². The van der Waals surface area contributed by atoms with Gasteiger partial charge in [-0.15, -0.1) is 0 Å². The summed E-state index contributed by atoms with van der Waals surface area (Å²) in [6.45, 7) is 3.62. The minimum absolute atomic E-state index is 0.321. The lowest BCUT2D eigenvalue weighted by Gasteiger charge is -2.38. The molecule has 1 aliphatic rings. The second kappa shape index (κ2) is 7.43. The number of ether oxygens (including phenoxy) is 1. The number of amides is 1. The van der Waals surface area contributed by atoms with Crippen LogP contribution in [0.5, 0.6) is 0 Å². The first kappa shape index (κ1) is 19.0. The van der Waals surface area contributed by atoms with Crippen LogP contribution in [0, 0.1) is 25.2 Å². The van der Waals surface area contributed by atoms with E-state index in [1.165, 1.54) is 4.90 Å². The first-order chi connectivity index (χ1) is 12.9. The molecule has 1 aromatic heterocycles. The number of nitriles is 1. The van der Waals surface area contributed by atoms with Gasteiger partial charge in [0.15, 0.2) is 6.61 Å². The van der Waals surface area contributed by atoms with Crippen LogP contribution >= 0.6 is 0 Å². The Morgan fingerprint density at radius 2 is 1.93 bits per heavy atom. The van der Waals surface area contributed by atoms with Crippen LogP contribution in [-0.2, 0) is 9.53 Å². The Hall–Kier alpha value is -2.81. The number of benzene rings is 1. The first-order valence-electron chi connectivity index (χ1n) is 9.31. The molecule has 27 heavy (non-hydrogen) atoms. The van der Waals surface area contributed by atoms with Crippen molar-refractivity contribution >= 4 is 22.8 Å². The molecule has 1 N–H and O–H groups in total. The second-order valence-electron chi connectivity index (χ2n) is 7.46. The molecule has 2 aromatic rings. The van der Waals surface area contributed by atoms with Gasteiger partial charge in [0.2, 0.25) is 0 Å². The molecular weight excluding hydrogens is 342 g/mol. The van der Waals surface area contributed by atoms with Gasteiger partial charge >= 0.3 is 5.97 Å². The second-order valence-corrected chi connectivity index (χ2v) is 7.46. The highest BCUT2D eigenvalue weighted by atomic mass is 16.5. The smallest absolute Gasteiger partial charge is 0.355 e. The van der Waals surface area contributed by atoms with Gasteiger partial charge in [-0.2, -0.15) is 5.26 Å². The standard InChI is InChI=1S/C21H25N3O3/c1-14-9-15(2)16-11-18(23-17(16)10-14)20(26)27-12-19(25)24(3)21(13-22)7-5-4-6-8-21/h9-11,23H,4-8,12H2,1-3H3. The van der Waals surface area contributed by atoms with Crippen molar-refractivity contribution in [2.24, 2.45) is 0 Å². The Balaban J connectivity index is 1.67. The van der Waals surface area contributed by atoms with E-state index in [9.17, 15) is 14.9 Å². The van der Waals surface area contributed by atoms with Crippen molar-refractivity contribution in [1.82, 2.24) is 9.88 Å². The molecule has 1 aliphatic carbocycles. The van der Waals surface area contributed by atoms with E-state index in [0.717, 1.165) is 41.3 Å². The third-order valence-corrected chi connectivity index (χ3v) is 5.54. The molecule has 6 heteroatoms. The molecule has 0 bridgehead atoms. The van der Waals surface area contributed by atoms with Crippen molar-refractivity contribution in [3.63, 3.8) is 0 Å². The van der Waals surface area contributed by atoms with Crippen LogP contribution in [0.15, 0.2) is 18.2 Å². The zero-order valence-corrected chi connectivity index (χ0v) is 16.1. The average Bonchev–Trinajstić information content (AvgIpc) is 3.10. The van der Waals surface area contributed by atoms with E-state index in [1.54, 1.807) is 13.1 Å². The maximum Gasteiger partial charge on any atom is 0.355 e. The van der Waals surface area contributed by atoms with Crippen LogP contribution in [-0.4, -0.2) is 41.0 Å². The van der Waals surface area contributed by atoms with Crippen LogP contribution in [0.2, 0.25) is 0 Å². The molecule has 0 atom stereocenters. The Kier molecular flexibility index (Phi) is 5.22. The third-order valence-electron chi connectivity index (χ3n) is 5.54. The Morgan fingerprint density at radius 3 is 2.59 bits per heavy atom. The van der Waals surface area contributed by atoms with E-state index in [0.29, 0.717) is 18.5 Å². The number of aromatic amines is 1. The molecule has 1 heterocycles. The lowest BCUT2D eigenvalue weighted by molar-refractivity contribution is -0.138. The lowest BCUT2D eigenvalue weighted by atomic mass is 9.81. The summed E-state index contributed by atoms with van der Waals surface area (Å²) in [4.78, 5) is 29.4. The number of fused-ring (bicyclic) bond motifs is 1. The number of likely N-dealkylation sites (N-methyl/N-ethyl adjacent to an activating group) is 1. The highest BCUT2D eigenvalue weighted by molar-refractivity contribution is 5.97. The summed E-state index contributed by atoms with van der Waals surface area (Å²) in [5.74, 6) is -0.922. The van der Waals surface area contributed by atoms with Gasteiger partial charge in [-0.3, -0.25) is 4.79 Å². The van der Waals surface area contributed by atoms with Gasteiger partial charge in [0.1, 0.15) is 11.2 Å². The first-order valence-corrected chi connectivity index (χ1v) is 9.31. The number of aryl methyl sites for hydroxylation is 2. The van der Waals surface area contributed by atoms with Gasteiger partial charge in [0, 0.05) is 18.0 Å². The van der Waals surface area contributed by atoms with Crippen molar-refractivity contribution in [3.8, 4) is 6.07 Å². The molecule has 1 aromatic carbocycles. The highest BCUT2D eigenvalue weighted by Gasteiger charge is 2.39. The fraction of sp³-hybridized carbons (Fsp3) is 0.476. The number of rotatable bonds is 4. The molecule has 3 rings (SSSR count). The Morgan fingerprint density at radius 1 is 1.22 bits per heavy atom. The zero-order chi connectivity index (χ0) is 19.6. The third kappa shape index (κ3) is 3.68. The number of hydrogen-bond donors (Lipinski definition) is 1. The summed E-state index contributed by atoms with van der Waals surface area (Å²) in [6.07, 6.45) is 4.28. The number of aromatic nitrogens is 1. The number of nitrogens with one attached hydrogen (secondary N) is 1. The molecule has 1 saturated carbocycles. The maximum absolute atomic E-state index is 12.5. The Bertz CT molecular complexity index is 917. The molecule has 0 saturated heterocycles. The quantitative estimate of drug-likeness (QED) is 0.836. The summed E-state index contributed by atoms with van der Waals surface area (Å²) in [5, 5.41) is 10.5. The molecule has 142 valence electrons. The fourth-order valence-corrected chi connectivity index (χ4v) is 3.91. The molecule has 0 aliphatic heterocycles. The minimum atomic E-state index is -0.780. The van der Waals surface area contributed by atoms with Crippen molar-refractivity contribution in [2.45, 2.75) is 51.5 Å². The summed E-state index contributed by atoms with van der Waals surface area (Å²) in [6, 6.07) is 8.07. The number of carbonyl (C=O) groups is 2. The van der Waals surface area contributed by atoms with Gasteiger partial charge in [-0.05, 0) is 49.9 Å². The predicted octanol–water partition coefficient (Wildman–Crippen LogP) is 3.63. The van der Waals surface area contributed by atoms with Crippen molar-refractivity contribution in [1.29, 1.82) is 5.26 Å². The summed E-state index contributed by atoms with van der Waals surface area (Å²) >= 11 is 0. The van der Waals surface area contributed by atoms with E-state index in [2.05, 4.69) is 17.1 Å². The van der Waals surface area contributed by atoms with Crippen molar-refractivity contribution < 1.29 is 14.3 Å². The summed E-state index contributed by atoms with van der Waals surface area (Å²) in [5.41, 5.74) is 2.59. The van der Waals surface area contributed by atoms with Gasteiger partial charge < -0.3 is 14.6 Å². The fourth-order valence-electron chi connectivity index (χ4n) is 3.91. The van der Waals surface area contributed by atoms with Crippen molar-refractivity contribution in [2.75, 3.05) is 13.7 Å². The maximum atomic E-state index is 12.5. The number of nitrogens with zero attached hydrogens (tertiary/aromatic N) is 2. The largest absolute Gasteiger partial charge is 0.451 e.